The normalized spacial score (nSPS) is 31.1. The van der Waals surface area contributed by atoms with Crippen LogP contribution in [0.25, 0.3) is 0 Å². The number of rotatable bonds is 3. The quantitative estimate of drug-likeness (QED) is 0.704. The summed E-state index contributed by atoms with van der Waals surface area (Å²) in [5, 5.41) is 1.20. The molecule has 0 radical (unpaired) electrons. The van der Waals surface area contributed by atoms with Gasteiger partial charge in [0.05, 0.1) is 0 Å². The number of likely N-dealkylation sites (tertiary alicyclic amines) is 1. The van der Waals surface area contributed by atoms with Gasteiger partial charge >= 0.3 is 0 Å². The molecular formula is C12H22BrN. The van der Waals surface area contributed by atoms with Gasteiger partial charge in [0.15, 0.2) is 0 Å². The third kappa shape index (κ3) is 2.96. The van der Waals surface area contributed by atoms with E-state index >= 15 is 0 Å². The van der Waals surface area contributed by atoms with E-state index in [0.29, 0.717) is 0 Å². The standard InChI is InChI=1S/C12H22BrN/c13-8-12-6-7-14(10-12)9-11-4-2-1-3-5-11/h11-12H,1-10H2. The molecular weight excluding hydrogens is 238 g/mol. The molecule has 0 spiro atoms. The summed E-state index contributed by atoms with van der Waals surface area (Å²) in [4.78, 5) is 2.70. The zero-order chi connectivity index (χ0) is 9.80. The smallest absolute Gasteiger partial charge is 0.00723 e. The summed E-state index contributed by atoms with van der Waals surface area (Å²) in [5.41, 5.74) is 0. The zero-order valence-corrected chi connectivity index (χ0v) is 10.6. The van der Waals surface area contributed by atoms with Crippen LogP contribution in [0.4, 0.5) is 0 Å². The topological polar surface area (TPSA) is 3.24 Å². The van der Waals surface area contributed by atoms with Crippen LogP contribution in [-0.4, -0.2) is 29.9 Å². The molecule has 1 aliphatic heterocycles. The molecule has 0 N–H and O–H groups in total. The Kier molecular flexibility index (Phi) is 4.30. The fourth-order valence-electron chi connectivity index (χ4n) is 2.94. The van der Waals surface area contributed by atoms with Crippen LogP contribution in [0.15, 0.2) is 0 Å². The summed E-state index contributed by atoms with van der Waals surface area (Å²) in [6, 6.07) is 0. The molecule has 0 aromatic heterocycles. The van der Waals surface area contributed by atoms with Crippen molar-refractivity contribution in [2.75, 3.05) is 25.0 Å². The van der Waals surface area contributed by atoms with Crippen LogP contribution < -0.4 is 0 Å². The summed E-state index contributed by atoms with van der Waals surface area (Å²) in [6.07, 6.45) is 8.87. The highest BCUT2D eigenvalue weighted by Gasteiger charge is 2.24. The molecule has 1 heterocycles. The minimum Gasteiger partial charge on any atom is -0.303 e. The summed E-state index contributed by atoms with van der Waals surface area (Å²) in [6.45, 7) is 4.10. The van der Waals surface area contributed by atoms with Crippen LogP contribution >= 0.6 is 15.9 Å². The minimum absolute atomic E-state index is 0.929. The fourth-order valence-corrected chi connectivity index (χ4v) is 3.47. The summed E-state index contributed by atoms with van der Waals surface area (Å²) in [7, 11) is 0. The fraction of sp³-hybridized carbons (Fsp3) is 1.00. The van der Waals surface area contributed by atoms with Crippen molar-refractivity contribution >= 4 is 15.9 Å². The molecule has 1 unspecified atom stereocenters. The third-order valence-corrected chi connectivity index (χ3v) is 4.75. The van der Waals surface area contributed by atoms with Crippen LogP contribution in [0.3, 0.4) is 0 Å². The maximum absolute atomic E-state index is 3.60. The van der Waals surface area contributed by atoms with Crippen molar-refractivity contribution in [3.8, 4) is 0 Å². The first kappa shape index (κ1) is 10.9. The Hall–Kier alpha value is 0.440. The van der Waals surface area contributed by atoms with Gasteiger partial charge in [-0.1, -0.05) is 35.2 Å². The van der Waals surface area contributed by atoms with Gasteiger partial charge in [-0.05, 0) is 37.6 Å². The molecule has 2 aliphatic rings. The van der Waals surface area contributed by atoms with E-state index in [9.17, 15) is 0 Å². The molecule has 14 heavy (non-hydrogen) atoms. The molecule has 1 atom stereocenters. The number of hydrogen-bond donors (Lipinski definition) is 0. The van der Waals surface area contributed by atoms with Crippen molar-refractivity contribution in [3.05, 3.63) is 0 Å². The van der Waals surface area contributed by atoms with Crippen LogP contribution in [0.5, 0.6) is 0 Å². The Labute approximate surface area is 96.4 Å². The second kappa shape index (κ2) is 5.50. The molecule has 1 saturated heterocycles. The van der Waals surface area contributed by atoms with Crippen LogP contribution in [0.2, 0.25) is 0 Å². The van der Waals surface area contributed by atoms with E-state index in [1.54, 1.807) is 0 Å². The van der Waals surface area contributed by atoms with E-state index in [0.717, 1.165) is 11.8 Å². The van der Waals surface area contributed by atoms with E-state index in [-0.39, 0.29) is 0 Å². The molecule has 2 rings (SSSR count). The van der Waals surface area contributed by atoms with Crippen LogP contribution in [0, 0.1) is 11.8 Å². The molecule has 0 aromatic rings. The maximum atomic E-state index is 3.60. The molecule has 2 fully saturated rings. The predicted octanol–water partition coefficient (Wildman–Crippen LogP) is 3.28. The van der Waals surface area contributed by atoms with Crippen LogP contribution in [0.1, 0.15) is 38.5 Å². The predicted molar refractivity (Wildman–Crippen MR) is 64.9 cm³/mol. The molecule has 0 bridgehead atoms. The van der Waals surface area contributed by atoms with Crippen molar-refractivity contribution in [2.45, 2.75) is 38.5 Å². The third-order valence-electron chi connectivity index (χ3n) is 3.83. The highest BCUT2D eigenvalue weighted by Crippen LogP contribution is 2.27. The largest absolute Gasteiger partial charge is 0.303 e. The van der Waals surface area contributed by atoms with Gasteiger partial charge in [0.2, 0.25) is 0 Å². The van der Waals surface area contributed by atoms with E-state index in [1.807, 2.05) is 0 Å². The van der Waals surface area contributed by atoms with Crippen LogP contribution in [-0.2, 0) is 0 Å². The van der Waals surface area contributed by atoms with E-state index < -0.39 is 0 Å². The molecule has 1 aliphatic carbocycles. The van der Waals surface area contributed by atoms with Crippen molar-refractivity contribution in [1.29, 1.82) is 0 Å². The highest BCUT2D eigenvalue weighted by atomic mass is 79.9. The highest BCUT2D eigenvalue weighted by molar-refractivity contribution is 9.09. The van der Waals surface area contributed by atoms with Gasteiger partial charge in [0.1, 0.15) is 0 Å². The van der Waals surface area contributed by atoms with Crippen molar-refractivity contribution in [2.24, 2.45) is 11.8 Å². The first-order chi connectivity index (χ1) is 6.88. The van der Waals surface area contributed by atoms with Gasteiger partial charge in [-0.2, -0.15) is 0 Å². The summed E-state index contributed by atoms with van der Waals surface area (Å²) in [5.74, 6) is 1.96. The lowest BCUT2D eigenvalue weighted by Gasteiger charge is -2.26. The van der Waals surface area contributed by atoms with Gasteiger partial charge in [-0.15, -0.1) is 0 Å². The number of alkyl halides is 1. The summed E-state index contributed by atoms with van der Waals surface area (Å²) >= 11 is 3.60. The van der Waals surface area contributed by atoms with Crippen molar-refractivity contribution < 1.29 is 0 Å². The number of halogens is 1. The Bertz CT molecular complexity index is 166. The lowest BCUT2D eigenvalue weighted by molar-refractivity contribution is 0.230. The van der Waals surface area contributed by atoms with E-state index in [1.165, 1.54) is 63.5 Å². The monoisotopic (exact) mass is 259 g/mol. The average molecular weight is 260 g/mol. The number of hydrogen-bond acceptors (Lipinski definition) is 1. The lowest BCUT2D eigenvalue weighted by atomic mass is 9.89. The average Bonchev–Trinajstić information content (AvgIpc) is 2.67. The number of nitrogens with zero attached hydrogens (tertiary/aromatic N) is 1. The van der Waals surface area contributed by atoms with Gasteiger partial charge in [0.25, 0.3) is 0 Å². The van der Waals surface area contributed by atoms with Gasteiger partial charge in [-0.25, -0.2) is 0 Å². The first-order valence-corrected chi connectivity index (χ1v) is 7.29. The van der Waals surface area contributed by atoms with Crippen molar-refractivity contribution in [1.82, 2.24) is 4.90 Å². The molecule has 0 aromatic carbocycles. The van der Waals surface area contributed by atoms with E-state index in [2.05, 4.69) is 20.8 Å². The second-order valence-electron chi connectivity index (χ2n) is 5.07. The lowest BCUT2D eigenvalue weighted by Crippen LogP contribution is -2.28. The molecule has 0 amide bonds. The zero-order valence-electron chi connectivity index (χ0n) is 9.05. The Balaban J connectivity index is 1.69. The Morgan fingerprint density at radius 2 is 1.79 bits per heavy atom. The molecule has 1 nitrogen and oxygen atoms in total. The Morgan fingerprint density at radius 1 is 1.00 bits per heavy atom. The molecule has 2 heteroatoms. The second-order valence-corrected chi connectivity index (χ2v) is 5.72. The SMILES string of the molecule is BrCC1CCN(CC2CCCCC2)C1. The molecule has 1 saturated carbocycles. The molecule has 82 valence electrons. The summed E-state index contributed by atoms with van der Waals surface area (Å²) < 4.78 is 0. The minimum atomic E-state index is 0.929. The van der Waals surface area contributed by atoms with Gasteiger partial charge < -0.3 is 4.90 Å². The first-order valence-electron chi connectivity index (χ1n) is 6.17. The van der Waals surface area contributed by atoms with Crippen molar-refractivity contribution in [3.63, 3.8) is 0 Å². The van der Waals surface area contributed by atoms with E-state index in [4.69, 9.17) is 0 Å². The van der Waals surface area contributed by atoms with Gasteiger partial charge in [0, 0.05) is 18.4 Å². The maximum Gasteiger partial charge on any atom is 0.00723 e. The van der Waals surface area contributed by atoms with Gasteiger partial charge in [-0.3, -0.25) is 0 Å². The Morgan fingerprint density at radius 3 is 2.43 bits per heavy atom.